The van der Waals surface area contributed by atoms with Crippen LogP contribution in [-0.2, 0) is 6.42 Å². The average Bonchev–Trinajstić information content (AvgIpc) is 3.11. The number of nitrogens with two attached hydrogens (primary N) is 1. The van der Waals surface area contributed by atoms with Gasteiger partial charge in [0.15, 0.2) is 0 Å². The molecule has 2 N–H and O–H groups in total. The first-order valence-corrected chi connectivity index (χ1v) is 10.3. The van der Waals surface area contributed by atoms with Crippen LogP contribution in [0.2, 0.25) is 19.6 Å². The molecular weight excluding hydrogens is 234 g/mol. The van der Waals surface area contributed by atoms with Crippen molar-refractivity contribution in [1.82, 2.24) is 0 Å². The predicted molar refractivity (Wildman–Crippen MR) is 81.1 cm³/mol. The molecule has 96 valence electrons. The Morgan fingerprint density at radius 3 is 2.33 bits per heavy atom. The molecule has 0 saturated heterocycles. The second-order valence-corrected chi connectivity index (χ2v) is 11.2. The largest absolute Gasteiger partial charge is 0.327 e. The molecule has 1 saturated carbocycles. The van der Waals surface area contributed by atoms with E-state index in [1.54, 1.807) is 0 Å². The normalized spacial score (nSPS) is 16.9. The molecule has 0 aliphatic heterocycles. The van der Waals surface area contributed by atoms with Gasteiger partial charge in [0.2, 0.25) is 0 Å². The van der Waals surface area contributed by atoms with Gasteiger partial charge in [-0.25, -0.2) is 0 Å². The van der Waals surface area contributed by atoms with Crippen molar-refractivity contribution >= 4 is 8.07 Å². The zero-order valence-corrected chi connectivity index (χ0v) is 12.7. The molecule has 1 aromatic carbocycles. The number of rotatable bonds is 3. The Balaban J connectivity index is 1.98. The highest BCUT2D eigenvalue weighted by molar-refractivity contribution is 6.83. The van der Waals surface area contributed by atoms with Gasteiger partial charge in [-0.15, -0.1) is 5.54 Å². The van der Waals surface area contributed by atoms with Gasteiger partial charge in [0.25, 0.3) is 0 Å². The van der Waals surface area contributed by atoms with Crippen molar-refractivity contribution in [1.29, 1.82) is 0 Å². The summed E-state index contributed by atoms with van der Waals surface area (Å²) >= 11 is 0. The Kier molecular flexibility index (Phi) is 3.94. The molecule has 1 fully saturated rings. The van der Waals surface area contributed by atoms with Crippen LogP contribution in [0.1, 0.15) is 24.0 Å². The fourth-order valence-electron chi connectivity index (χ4n) is 1.95. The third-order valence-electron chi connectivity index (χ3n) is 3.23. The Morgan fingerprint density at radius 1 is 1.22 bits per heavy atom. The van der Waals surface area contributed by atoms with E-state index in [0.717, 1.165) is 17.9 Å². The molecular formula is C16H23NSi. The van der Waals surface area contributed by atoms with Gasteiger partial charge in [-0.3, -0.25) is 0 Å². The molecule has 18 heavy (non-hydrogen) atoms. The molecule has 1 aromatic rings. The molecule has 2 rings (SSSR count). The van der Waals surface area contributed by atoms with E-state index < -0.39 is 8.07 Å². The first kappa shape index (κ1) is 13.4. The van der Waals surface area contributed by atoms with Crippen molar-refractivity contribution in [2.24, 2.45) is 11.7 Å². The standard InChI is InChI=1S/C16H23NSi/c1-18(2,3)11-10-13-4-6-14(7-5-13)12-16(17)15-8-9-15/h4-7,15-16H,8-9,12,17H2,1-3H3. The Labute approximate surface area is 112 Å². The van der Waals surface area contributed by atoms with Crippen LogP contribution in [0.3, 0.4) is 0 Å². The van der Waals surface area contributed by atoms with Crippen molar-refractivity contribution < 1.29 is 0 Å². The lowest BCUT2D eigenvalue weighted by atomic mass is 10.0. The Hall–Kier alpha value is -1.04. The molecule has 1 aliphatic rings. The van der Waals surface area contributed by atoms with Crippen LogP contribution in [0.15, 0.2) is 24.3 Å². The van der Waals surface area contributed by atoms with E-state index >= 15 is 0 Å². The molecule has 0 radical (unpaired) electrons. The van der Waals surface area contributed by atoms with Crippen LogP contribution in [-0.4, -0.2) is 14.1 Å². The maximum atomic E-state index is 6.14. The quantitative estimate of drug-likeness (QED) is 0.653. The van der Waals surface area contributed by atoms with E-state index in [9.17, 15) is 0 Å². The lowest BCUT2D eigenvalue weighted by Crippen LogP contribution is -2.24. The molecule has 1 atom stereocenters. The summed E-state index contributed by atoms with van der Waals surface area (Å²) in [5.41, 5.74) is 12.0. The van der Waals surface area contributed by atoms with Crippen LogP contribution < -0.4 is 5.73 Å². The van der Waals surface area contributed by atoms with Crippen LogP contribution in [0.4, 0.5) is 0 Å². The van der Waals surface area contributed by atoms with Crippen molar-refractivity contribution in [3.05, 3.63) is 35.4 Å². The van der Waals surface area contributed by atoms with Gasteiger partial charge in [-0.05, 0) is 42.9 Å². The highest BCUT2D eigenvalue weighted by atomic mass is 28.3. The maximum absolute atomic E-state index is 6.14. The summed E-state index contributed by atoms with van der Waals surface area (Å²) in [5, 5.41) is 0. The fourth-order valence-corrected chi connectivity index (χ4v) is 2.47. The maximum Gasteiger partial charge on any atom is 0.129 e. The van der Waals surface area contributed by atoms with Crippen LogP contribution >= 0.6 is 0 Å². The summed E-state index contributed by atoms with van der Waals surface area (Å²) in [5.74, 6) is 4.06. The van der Waals surface area contributed by atoms with Gasteiger partial charge in [-0.1, -0.05) is 37.7 Å². The monoisotopic (exact) mass is 257 g/mol. The summed E-state index contributed by atoms with van der Waals surface area (Å²) in [7, 11) is -1.27. The van der Waals surface area contributed by atoms with Crippen molar-refractivity contribution in [3.63, 3.8) is 0 Å². The van der Waals surface area contributed by atoms with Gasteiger partial charge >= 0.3 is 0 Å². The third kappa shape index (κ3) is 4.32. The van der Waals surface area contributed by atoms with E-state index in [-0.39, 0.29) is 0 Å². The van der Waals surface area contributed by atoms with E-state index in [1.165, 1.54) is 18.4 Å². The predicted octanol–water partition coefficient (Wildman–Crippen LogP) is 3.20. The molecule has 0 bridgehead atoms. The number of benzene rings is 1. The minimum absolute atomic E-state index is 0.351. The van der Waals surface area contributed by atoms with E-state index in [4.69, 9.17) is 5.73 Å². The molecule has 0 heterocycles. The minimum Gasteiger partial charge on any atom is -0.327 e. The van der Waals surface area contributed by atoms with Crippen LogP contribution in [0.5, 0.6) is 0 Å². The van der Waals surface area contributed by atoms with E-state index in [1.807, 2.05) is 0 Å². The van der Waals surface area contributed by atoms with E-state index in [2.05, 4.69) is 55.4 Å². The number of hydrogen-bond acceptors (Lipinski definition) is 1. The summed E-state index contributed by atoms with van der Waals surface area (Å²) in [4.78, 5) is 0. The van der Waals surface area contributed by atoms with Gasteiger partial charge in [0, 0.05) is 11.6 Å². The second-order valence-electron chi connectivity index (χ2n) is 6.40. The molecule has 0 spiro atoms. The zero-order chi connectivity index (χ0) is 13.2. The summed E-state index contributed by atoms with van der Waals surface area (Å²) in [6.45, 7) is 6.80. The van der Waals surface area contributed by atoms with Crippen LogP contribution in [0, 0.1) is 17.4 Å². The third-order valence-corrected chi connectivity index (χ3v) is 4.11. The topological polar surface area (TPSA) is 26.0 Å². The highest BCUT2D eigenvalue weighted by Crippen LogP contribution is 2.32. The SMILES string of the molecule is C[Si](C)(C)C#Cc1ccc(CC(N)C2CC2)cc1. The number of hydrogen-bond donors (Lipinski definition) is 1. The summed E-state index contributed by atoms with van der Waals surface area (Å²) < 4.78 is 0. The molecule has 0 amide bonds. The van der Waals surface area contributed by atoms with Crippen molar-refractivity contribution in [3.8, 4) is 11.5 Å². The summed E-state index contributed by atoms with van der Waals surface area (Å²) in [6, 6.07) is 8.96. The smallest absolute Gasteiger partial charge is 0.129 e. The molecule has 1 unspecified atom stereocenters. The second kappa shape index (κ2) is 5.30. The molecule has 0 aromatic heterocycles. The Bertz CT molecular complexity index is 455. The van der Waals surface area contributed by atoms with Crippen molar-refractivity contribution in [2.45, 2.75) is 44.9 Å². The minimum atomic E-state index is -1.27. The average molecular weight is 257 g/mol. The highest BCUT2D eigenvalue weighted by Gasteiger charge is 2.28. The lowest BCUT2D eigenvalue weighted by molar-refractivity contribution is 0.592. The molecule has 2 heteroatoms. The van der Waals surface area contributed by atoms with Crippen LogP contribution in [0.25, 0.3) is 0 Å². The van der Waals surface area contributed by atoms with Gasteiger partial charge < -0.3 is 5.73 Å². The molecule has 1 aliphatic carbocycles. The first-order valence-electron chi connectivity index (χ1n) is 6.82. The molecule has 1 nitrogen and oxygen atoms in total. The van der Waals surface area contributed by atoms with Gasteiger partial charge in [0.05, 0.1) is 0 Å². The Morgan fingerprint density at radius 2 is 1.83 bits per heavy atom. The first-order chi connectivity index (χ1) is 8.44. The zero-order valence-electron chi connectivity index (χ0n) is 11.7. The van der Waals surface area contributed by atoms with E-state index in [0.29, 0.717) is 6.04 Å². The van der Waals surface area contributed by atoms with Crippen molar-refractivity contribution in [2.75, 3.05) is 0 Å². The van der Waals surface area contributed by atoms with Gasteiger partial charge in [0.1, 0.15) is 8.07 Å². The van der Waals surface area contributed by atoms with Gasteiger partial charge in [-0.2, -0.15) is 0 Å². The summed E-state index contributed by atoms with van der Waals surface area (Å²) in [6.07, 6.45) is 3.65. The lowest BCUT2D eigenvalue weighted by Gasteiger charge is -2.09. The fraction of sp³-hybridized carbons (Fsp3) is 0.500.